The lowest BCUT2D eigenvalue weighted by Gasteiger charge is -2.08. The van der Waals surface area contributed by atoms with Crippen LogP contribution in [-0.4, -0.2) is 15.5 Å². The molecule has 0 heterocycles. The molecule has 0 fully saturated rings. The van der Waals surface area contributed by atoms with Crippen molar-refractivity contribution in [3.05, 3.63) is 65.5 Å². The lowest BCUT2D eigenvalue weighted by molar-refractivity contribution is 0.185. The number of rotatable bonds is 6. The Bertz CT molecular complexity index is 699. The summed E-state index contributed by atoms with van der Waals surface area (Å²) < 4.78 is 44.7. The SMILES string of the molecule is COCc1ccc(S(=O)(=O)NCc2cccc(F)c2)cc1. The topological polar surface area (TPSA) is 55.4 Å². The second-order valence-electron chi connectivity index (χ2n) is 4.53. The fourth-order valence-electron chi connectivity index (χ4n) is 1.84. The molecular formula is C15H16FNO3S. The lowest BCUT2D eigenvalue weighted by atomic mass is 10.2. The first kappa shape index (κ1) is 15.6. The van der Waals surface area contributed by atoms with E-state index in [2.05, 4.69) is 4.72 Å². The van der Waals surface area contributed by atoms with Crippen molar-refractivity contribution in [2.24, 2.45) is 0 Å². The van der Waals surface area contributed by atoms with Crippen molar-refractivity contribution in [1.29, 1.82) is 0 Å². The van der Waals surface area contributed by atoms with Crippen LogP contribution in [0.2, 0.25) is 0 Å². The van der Waals surface area contributed by atoms with E-state index in [1.807, 2.05) is 0 Å². The van der Waals surface area contributed by atoms with Crippen LogP contribution in [0.3, 0.4) is 0 Å². The first-order valence-electron chi connectivity index (χ1n) is 6.33. The monoisotopic (exact) mass is 309 g/mol. The van der Waals surface area contributed by atoms with Gasteiger partial charge in [-0.05, 0) is 35.4 Å². The zero-order chi connectivity index (χ0) is 15.3. The van der Waals surface area contributed by atoms with Gasteiger partial charge in [-0.3, -0.25) is 0 Å². The predicted octanol–water partition coefficient (Wildman–Crippen LogP) is 2.45. The van der Waals surface area contributed by atoms with Crippen LogP contribution in [0.25, 0.3) is 0 Å². The number of sulfonamides is 1. The van der Waals surface area contributed by atoms with E-state index in [0.717, 1.165) is 5.56 Å². The maximum absolute atomic E-state index is 13.0. The van der Waals surface area contributed by atoms with Crippen LogP contribution < -0.4 is 4.72 Å². The van der Waals surface area contributed by atoms with Crippen molar-refractivity contribution < 1.29 is 17.5 Å². The van der Waals surface area contributed by atoms with E-state index in [1.165, 1.54) is 24.3 Å². The van der Waals surface area contributed by atoms with Gasteiger partial charge < -0.3 is 4.74 Å². The van der Waals surface area contributed by atoms with Crippen molar-refractivity contribution in [3.8, 4) is 0 Å². The number of hydrogen-bond acceptors (Lipinski definition) is 3. The average Bonchev–Trinajstić information content (AvgIpc) is 2.46. The van der Waals surface area contributed by atoms with Gasteiger partial charge in [-0.1, -0.05) is 24.3 Å². The maximum Gasteiger partial charge on any atom is 0.240 e. The highest BCUT2D eigenvalue weighted by atomic mass is 32.2. The van der Waals surface area contributed by atoms with Crippen molar-refractivity contribution in [1.82, 2.24) is 4.72 Å². The van der Waals surface area contributed by atoms with Crippen molar-refractivity contribution in [3.63, 3.8) is 0 Å². The molecule has 0 saturated heterocycles. The van der Waals surface area contributed by atoms with E-state index >= 15 is 0 Å². The average molecular weight is 309 g/mol. The fraction of sp³-hybridized carbons (Fsp3) is 0.200. The summed E-state index contributed by atoms with van der Waals surface area (Å²) in [4.78, 5) is 0.166. The molecule has 2 aromatic rings. The van der Waals surface area contributed by atoms with Crippen molar-refractivity contribution in [2.45, 2.75) is 18.0 Å². The third kappa shape index (κ3) is 4.35. The Kier molecular flexibility index (Phi) is 5.06. The van der Waals surface area contributed by atoms with Gasteiger partial charge in [0, 0.05) is 13.7 Å². The van der Waals surface area contributed by atoms with E-state index in [1.54, 1.807) is 31.4 Å². The van der Waals surface area contributed by atoms with Gasteiger partial charge in [0.15, 0.2) is 0 Å². The molecule has 0 atom stereocenters. The summed E-state index contributed by atoms with van der Waals surface area (Å²) in [6.07, 6.45) is 0. The molecule has 4 nitrogen and oxygen atoms in total. The number of halogens is 1. The molecule has 0 unspecified atom stereocenters. The van der Waals surface area contributed by atoms with Gasteiger partial charge in [0.05, 0.1) is 11.5 Å². The molecule has 0 aromatic heterocycles. The first-order chi connectivity index (χ1) is 10.0. The molecule has 0 saturated carbocycles. The summed E-state index contributed by atoms with van der Waals surface area (Å²) in [5, 5.41) is 0. The third-order valence-corrected chi connectivity index (χ3v) is 4.32. The van der Waals surface area contributed by atoms with E-state index in [-0.39, 0.29) is 11.4 Å². The van der Waals surface area contributed by atoms with E-state index in [4.69, 9.17) is 4.74 Å². The number of nitrogens with one attached hydrogen (secondary N) is 1. The van der Waals surface area contributed by atoms with Gasteiger partial charge >= 0.3 is 0 Å². The van der Waals surface area contributed by atoms with Gasteiger partial charge in [-0.15, -0.1) is 0 Å². The fourth-order valence-corrected chi connectivity index (χ4v) is 2.86. The number of ether oxygens (including phenoxy) is 1. The standard InChI is InChI=1S/C15H16FNO3S/c1-20-11-12-5-7-15(8-6-12)21(18,19)17-10-13-3-2-4-14(16)9-13/h2-9,17H,10-11H2,1H3. The zero-order valence-corrected chi connectivity index (χ0v) is 12.4. The molecule has 0 aliphatic rings. The van der Waals surface area contributed by atoms with Crippen LogP contribution in [0.5, 0.6) is 0 Å². The summed E-state index contributed by atoms with van der Waals surface area (Å²) >= 11 is 0. The van der Waals surface area contributed by atoms with Crippen LogP contribution in [0, 0.1) is 5.82 Å². The van der Waals surface area contributed by atoms with Crippen LogP contribution in [-0.2, 0) is 27.9 Å². The van der Waals surface area contributed by atoms with E-state index in [0.29, 0.717) is 12.2 Å². The molecule has 0 spiro atoms. The molecule has 6 heteroatoms. The van der Waals surface area contributed by atoms with Crippen LogP contribution in [0.4, 0.5) is 4.39 Å². The second-order valence-corrected chi connectivity index (χ2v) is 6.30. The van der Waals surface area contributed by atoms with Crippen LogP contribution in [0.15, 0.2) is 53.4 Å². The molecule has 0 bridgehead atoms. The summed E-state index contributed by atoms with van der Waals surface area (Å²) in [6.45, 7) is 0.469. The third-order valence-electron chi connectivity index (χ3n) is 2.90. The van der Waals surface area contributed by atoms with Crippen molar-refractivity contribution in [2.75, 3.05) is 7.11 Å². The molecule has 1 N–H and O–H groups in total. The Morgan fingerprint density at radius 2 is 1.81 bits per heavy atom. The second kappa shape index (κ2) is 6.80. The van der Waals surface area contributed by atoms with Crippen molar-refractivity contribution >= 4 is 10.0 Å². The normalized spacial score (nSPS) is 11.5. The molecular weight excluding hydrogens is 293 g/mol. The summed E-state index contributed by atoms with van der Waals surface area (Å²) in [6, 6.07) is 12.2. The molecule has 0 aliphatic heterocycles. The lowest BCUT2D eigenvalue weighted by Crippen LogP contribution is -2.23. The van der Waals surface area contributed by atoms with Crippen LogP contribution >= 0.6 is 0 Å². The summed E-state index contributed by atoms with van der Waals surface area (Å²) in [5.74, 6) is -0.393. The Morgan fingerprint density at radius 3 is 2.43 bits per heavy atom. The van der Waals surface area contributed by atoms with Crippen LogP contribution in [0.1, 0.15) is 11.1 Å². The predicted molar refractivity (Wildman–Crippen MR) is 77.6 cm³/mol. The van der Waals surface area contributed by atoms with E-state index in [9.17, 15) is 12.8 Å². The Balaban J connectivity index is 2.07. The molecule has 112 valence electrons. The molecule has 0 amide bonds. The van der Waals surface area contributed by atoms with Gasteiger partial charge in [0.25, 0.3) is 0 Å². The first-order valence-corrected chi connectivity index (χ1v) is 7.81. The molecule has 2 aromatic carbocycles. The zero-order valence-electron chi connectivity index (χ0n) is 11.5. The minimum Gasteiger partial charge on any atom is -0.380 e. The Hall–Kier alpha value is -1.76. The highest BCUT2D eigenvalue weighted by Crippen LogP contribution is 2.12. The van der Waals surface area contributed by atoms with Gasteiger partial charge in [0.1, 0.15) is 5.82 Å². The Labute approximate surface area is 123 Å². The van der Waals surface area contributed by atoms with Gasteiger partial charge in [0.2, 0.25) is 10.0 Å². The number of hydrogen-bond donors (Lipinski definition) is 1. The molecule has 21 heavy (non-hydrogen) atoms. The van der Waals surface area contributed by atoms with E-state index < -0.39 is 15.8 Å². The minimum atomic E-state index is -3.62. The molecule has 0 radical (unpaired) electrons. The highest BCUT2D eigenvalue weighted by Gasteiger charge is 2.13. The number of benzene rings is 2. The highest BCUT2D eigenvalue weighted by molar-refractivity contribution is 7.89. The molecule has 2 rings (SSSR count). The summed E-state index contributed by atoms with van der Waals surface area (Å²) in [5.41, 5.74) is 1.45. The largest absolute Gasteiger partial charge is 0.380 e. The smallest absolute Gasteiger partial charge is 0.240 e. The maximum atomic E-state index is 13.0. The molecule has 0 aliphatic carbocycles. The Morgan fingerprint density at radius 1 is 1.10 bits per heavy atom. The van der Waals surface area contributed by atoms with Gasteiger partial charge in [-0.25, -0.2) is 17.5 Å². The van der Waals surface area contributed by atoms with Gasteiger partial charge in [-0.2, -0.15) is 0 Å². The summed E-state index contributed by atoms with van der Waals surface area (Å²) in [7, 11) is -2.04. The number of methoxy groups -OCH3 is 1. The quantitative estimate of drug-likeness (QED) is 0.892. The minimum absolute atomic E-state index is 0.0416.